The van der Waals surface area contributed by atoms with Crippen LogP contribution in [0, 0.1) is 6.92 Å². The van der Waals surface area contributed by atoms with E-state index in [9.17, 15) is 45.6 Å². The lowest BCUT2D eigenvalue weighted by atomic mass is 9.98. The number of ether oxygens (including phenoxy) is 6. The van der Waals surface area contributed by atoms with Crippen molar-refractivity contribution in [1.29, 1.82) is 0 Å². The number of phenolic OH excluding ortho intramolecular Hbond substituents is 1. The second-order valence-electron chi connectivity index (χ2n) is 10.5. The van der Waals surface area contributed by atoms with E-state index in [1.807, 2.05) is 0 Å². The summed E-state index contributed by atoms with van der Waals surface area (Å²) in [5, 5.41) is 83.1. The molecule has 0 saturated carbocycles. The van der Waals surface area contributed by atoms with Gasteiger partial charge in [-0.1, -0.05) is 0 Å². The molecule has 8 N–H and O–H groups in total. The maximum absolute atomic E-state index is 12.8. The quantitative estimate of drug-likeness (QED) is 0.126. The van der Waals surface area contributed by atoms with Crippen molar-refractivity contribution in [2.45, 2.75) is 68.3 Å². The van der Waals surface area contributed by atoms with Crippen molar-refractivity contribution < 1.29 is 73.7 Å². The number of hydrogen-bond donors (Lipinski definition) is 8. The van der Waals surface area contributed by atoms with Gasteiger partial charge in [-0.25, -0.2) is 4.79 Å². The van der Waals surface area contributed by atoms with Gasteiger partial charge in [0.1, 0.15) is 83.0 Å². The van der Waals surface area contributed by atoms with Gasteiger partial charge in [-0.2, -0.15) is 0 Å². The fourth-order valence-corrected chi connectivity index (χ4v) is 5.40. The van der Waals surface area contributed by atoms with Crippen molar-refractivity contribution in [2.75, 3.05) is 27.4 Å². The Morgan fingerprint density at radius 1 is 0.773 bits per heavy atom. The Hall–Kier alpha value is -3.29. The minimum atomic E-state index is -1.84. The molecule has 0 radical (unpaired) electrons. The van der Waals surface area contributed by atoms with Crippen LogP contribution in [0.5, 0.6) is 23.0 Å². The number of aliphatic hydroxyl groups is 7. The number of fused-ring (bicyclic) bond motifs is 2. The van der Waals surface area contributed by atoms with Crippen molar-refractivity contribution in [2.24, 2.45) is 0 Å². The van der Waals surface area contributed by atoms with Crippen LogP contribution in [-0.4, -0.2) is 130 Å². The molecule has 2 fully saturated rings. The molecule has 3 heterocycles. The molecule has 2 aliphatic heterocycles. The van der Waals surface area contributed by atoms with Gasteiger partial charge in [0.25, 0.3) is 0 Å². The number of rotatable bonds is 8. The Labute approximate surface area is 248 Å². The average molecular weight is 627 g/mol. The lowest BCUT2D eigenvalue weighted by Crippen LogP contribution is -2.62. The van der Waals surface area contributed by atoms with Gasteiger partial charge >= 0.3 is 5.63 Å². The van der Waals surface area contributed by atoms with E-state index < -0.39 is 86.0 Å². The van der Waals surface area contributed by atoms with Gasteiger partial charge in [0, 0.05) is 16.8 Å². The molecule has 16 heteroatoms. The normalized spacial score (nSPS) is 32.6. The van der Waals surface area contributed by atoms with Gasteiger partial charge in [0.05, 0.1) is 32.8 Å². The second-order valence-corrected chi connectivity index (χ2v) is 10.5. The molecule has 16 nitrogen and oxygen atoms in total. The predicted octanol–water partition coefficient (Wildman–Crippen LogP) is -2.02. The Bertz CT molecular complexity index is 1550. The first-order valence-electron chi connectivity index (χ1n) is 13.5. The molecule has 1 aromatic heterocycles. The molecule has 0 spiro atoms. The van der Waals surface area contributed by atoms with Crippen LogP contribution >= 0.6 is 0 Å². The molecule has 3 aromatic rings. The van der Waals surface area contributed by atoms with E-state index in [4.69, 9.17) is 32.8 Å². The zero-order valence-corrected chi connectivity index (χ0v) is 23.8. The van der Waals surface area contributed by atoms with E-state index in [0.29, 0.717) is 0 Å². The van der Waals surface area contributed by atoms with Gasteiger partial charge in [-0.05, 0) is 19.1 Å². The molecule has 0 aliphatic carbocycles. The van der Waals surface area contributed by atoms with Gasteiger partial charge < -0.3 is 73.7 Å². The predicted molar refractivity (Wildman–Crippen MR) is 147 cm³/mol. The summed E-state index contributed by atoms with van der Waals surface area (Å²) in [5.41, 5.74) is -0.850. The van der Waals surface area contributed by atoms with Gasteiger partial charge in [-0.15, -0.1) is 0 Å². The second kappa shape index (κ2) is 12.6. The molecular weight excluding hydrogens is 592 g/mol. The third-order valence-corrected chi connectivity index (χ3v) is 7.74. The summed E-state index contributed by atoms with van der Waals surface area (Å²) in [4.78, 5) is 12.8. The average Bonchev–Trinajstić information content (AvgIpc) is 2.99. The smallest absolute Gasteiger partial charge is 0.347 e. The minimum absolute atomic E-state index is 0.0446. The van der Waals surface area contributed by atoms with Crippen LogP contribution in [-0.2, 0) is 14.2 Å². The first kappa shape index (κ1) is 32.1. The molecule has 10 atom stereocenters. The van der Waals surface area contributed by atoms with Crippen LogP contribution in [0.15, 0.2) is 27.4 Å². The van der Waals surface area contributed by atoms with Gasteiger partial charge in [0.15, 0.2) is 6.29 Å². The Morgan fingerprint density at radius 3 is 2.02 bits per heavy atom. The molecular formula is C28H34O16. The SMILES string of the molecule is COc1cc(O[C@H]2O[C@H](CO[C@H]3O[C@H](CO)[C@@H](O)[C@H](O)[C@H]3O)[C@@H](O)[C@H](O)[C@H]2O)c2c(O)c3c(=O)oc(C)cc3c(OC)c2c1. The number of benzene rings is 2. The molecule has 44 heavy (non-hydrogen) atoms. The van der Waals surface area contributed by atoms with Crippen LogP contribution in [0.4, 0.5) is 0 Å². The third-order valence-electron chi connectivity index (χ3n) is 7.74. The maximum atomic E-state index is 12.8. The number of aryl methyl sites for hydroxylation is 1. The van der Waals surface area contributed by atoms with E-state index in [-0.39, 0.29) is 44.6 Å². The molecule has 0 bridgehead atoms. The highest BCUT2D eigenvalue weighted by atomic mass is 16.7. The summed E-state index contributed by atoms with van der Waals surface area (Å²) in [6, 6.07) is 4.37. The summed E-state index contributed by atoms with van der Waals surface area (Å²) in [7, 11) is 2.73. The minimum Gasteiger partial charge on any atom is -0.506 e. The summed E-state index contributed by atoms with van der Waals surface area (Å²) < 4.78 is 38.5. The van der Waals surface area contributed by atoms with Crippen LogP contribution in [0.25, 0.3) is 21.5 Å². The fraction of sp³-hybridized carbons (Fsp3) is 0.536. The van der Waals surface area contributed by atoms with Gasteiger partial charge in [0.2, 0.25) is 6.29 Å². The Kier molecular flexibility index (Phi) is 9.20. The first-order valence-corrected chi connectivity index (χ1v) is 13.5. The topological polar surface area (TPSA) is 247 Å². The first-order chi connectivity index (χ1) is 20.9. The van der Waals surface area contributed by atoms with Crippen molar-refractivity contribution in [1.82, 2.24) is 0 Å². The van der Waals surface area contributed by atoms with E-state index in [1.165, 1.54) is 32.4 Å². The summed E-state index contributed by atoms with van der Waals surface area (Å²) in [6.07, 6.45) is -16.5. The van der Waals surface area contributed by atoms with E-state index in [0.717, 1.165) is 0 Å². The fourth-order valence-electron chi connectivity index (χ4n) is 5.40. The highest BCUT2D eigenvalue weighted by molar-refractivity contribution is 6.13. The number of aliphatic hydroxyl groups excluding tert-OH is 7. The summed E-state index contributed by atoms with van der Waals surface area (Å²) >= 11 is 0. The van der Waals surface area contributed by atoms with Crippen LogP contribution in [0.2, 0.25) is 0 Å². The number of hydrogen-bond acceptors (Lipinski definition) is 16. The number of methoxy groups -OCH3 is 2. The maximum Gasteiger partial charge on any atom is 0.347 e. The summed E-state index contributed by atoms with van der Waals surface area (Å²) in [5.74, 6) is -0.0347. The Morgan fingerprint density at radius 2 is 1.39 bits per heavy atom. The molecule has 2 saturated heterocycles. The van der Waals surface area contributed by atoms with Crippen molar-refractivity contribution in [3.63, 3.8) is 0 Å². The summed E-state index contributed by atoms with van der Waals surface area (Å²) in [6.45, 7) is 0.272. The molecule has 2 aromatic carbocycles. The molecule has 242 valence electrons. The van der Waals surface area contributed by atoms with Crippen LogP contribution in [0.3, 0.4) is 0 Å². The van der Waals surface area contributed by atoms with E-state index >= 15 is 0 Å². The molecule has 0 amide bonds. The highest BCUT2D eigenvalue weighted by Crippen LogP contribution is 2.47. The van der Waals surface area contributed by atoms with E-state index in [2.05, 4.69) is 0 Å². The zero-order valence-electron chi connectivity index (χ0n) is 23.8. The zero-order chi connectivity index (χ0) is 32.0. The number of aromatic hydroxyl groups is 1. The van der Waals surface area contributed by atoms with Crippen LogP contribution < -0.4 is 19.8 Å². The van der Waals surface area contributed by atoms with Crippen molar-refractivity contribution >= 4 is 21.5 Å². The number of phenols is 1. The standard InChI is InChI=1S/C28H34O16/c1-9-4-11-17(26(37)41-9)20(32)16-12(25(11)39-3)5-10(38-2)6-13(16)42-28-24(36)22(34)19(31)15(44-28)8-40-27-23(35)21(33)18(30)14(7-29)43-27/h4-6,14-15,18-19,21-24,27-36H,7-8H2,1-3H3/t14-,15-,18-,19-,21+,22+,23-,24-,27+,28+/m1/s1. The highest BCUT2D eigenvalue weighted by Gasteiger charge is 2.48. The monoisotopic (exact) mass is 626 g/mol. The van der Waals surface area contributed by atoms with Gasteiger partial charge in [-0.3, -0.25) is 0 Å². The molecule has 5 rings (SSSR count). The van der Waals surface area contributed by atoms with Crippen molar-refractivity contribution in [3.05, 3.63) is 34.4 Å². The Balaban J connectivity index is 1.48. The van der Waals surface area contributed by atoms with Crippen LogP contribution in [0.1, 0.15) is 5.76 Å². The molecule has 0 unspecified atom stereocenters. The lowest BCUT2D eigenvalue weighted by Gasteiger charge is -2.42. The van der Waals surface area contributed by atoms with E-state index in [1.54, 1.807) is 6.92 Å². The van der Waals surface area contributed by atoms with Crippen molar-refractivity contribution in [3.8, 4) is 23.0 Å². The molecule has 2 aliphatic rings. The third kappa shape index (κ3) is 5.54. The largest absolute Gasteiger partial charge is 0.506 e. The lowest BCUT2D eigenvalue weighted by molar-refractivity contribution is -0.323.